The summed E-state index contributed by atoms with van der Waals surface area (Å²) in [5.74, 6) is 1.56. The summed E-state index contributed by atoms with van der Waals surface area (Å²) in [6.07, 6.45) is 8.38. The van der Waals surface area contributed by atoms with Gasteiger partial charge in [0.15, 0.2) is 0 Å². The molecule has 0 nitrogen and oxygen atoms in total. The Hall–Kier alpha value is -0.165. The van der Waals surface area contributed by atoms with Gasteiger partial charge in [0.25, 0.3) is 0 Å². The molecule has 3 unspecified atom stereocenters. The Morgan fingerprint density at radius 2 is 2.29 bits per heavy atom. The topological polar surface area (TPSA) is 0 Å². The summed E-state index contributed by atoms with van der Waals surface area (Å²) in [7, 11) is 0. The first-order chi connectivity index (χ1) is 6.70. The van der Waals surface area contributed by atoms with Gasteiger partial charge in [-0.15, -0.1) is 18.2 Å². The highest BCUT2D eigenvalue weighted by Crippen LogP contribution is 2.45. The lowest BCUT2D eigenvalue weighted by atomic mass is 9.34. The molecular weight excluding hydrogens is 190 g/mol. The summed E-state index contributed by atoms with van der Waals surface area (Å²) in [5, 5.41) is 0.249. The molecule has 0 aromatic carbocycles. The van der Waals surface area contributed by atoms with Crippen LogP contribution in [0.1, 0.15) is 12.8 Å². The predicted molar refractivity (Wildman–Crippen MR) is 65.4 cm³/mol. The molecule has 0 spiro atoms. The molecule has 1 aliphatic carbocycles. The van der Waals surface area contributed by atoms with E-state index >= 15 is 0 Å². The van der Waals surface area contributed by atoms with Gasteiger partial charge in [0.2, 0.25) is 0 Å². The van der Waals surface area contributed by atoms with Crippen molar-refractivity contribution in [2.45, 2.75) is 37.2 Å². The van der Waals surface area contributed by atoms with Crippen LogP contribution in [0.2, 0.25) is 19.0 Å². The fraction of sp³-hybridized carbons (Fsp3) is 0.667. The summed E-state index contributed by atoms with van der Waals surface area (Å²) >= 11 is 6.37. The quantitative estimate of drug-likeness (QED) is 0.367. The summed E-state index contributed by atoms with van der Waals surface area (Å²) in [4.78, 5) is 0. The Morgan fingerprint density at radius 3 is 3.00 bits per heavy atom. The molecule has 1 aliphatic heterocycles. The minimum absolute atomic E-state index is 0.249. The summed E-state index contributed by atoms with van der Waals surface area (Å²) < 4.78 is 0. The van der Waals surface area contributed by atoms with E-state index in [0.29, 0.717) is 5.92 Å². The predicted octanol–water partition coefficient (Wildman–Crippen LogP) is 3.87. The molecule has 2 rings (SSSR count). The van der Waals surface area contributed by atoms with Gasteiger partial charge < -0.3 is 0 Å². The number of allylic oxidation sites excluding steroid dienone is 2. The Labute approximate surface area is 92.5 Å². The smallest absolute Gasteiger partial charge is 0.118 e. The number of rotatable bonds is 2. The van der Waals surface area contributed by atoms with E-state index in [9.17, 15) is 0 Å². The lowest BCUT2D eigenvalue weighted by Crippen LogP contribution is -2.37. The largest absolute Gasteiger partial charge is 0.144 e. The second-order valence-electron chi connectivity index (χ2n) is 4.99. The van der Waals surface area contributed by atoms with Crippen molar-refractivity contribution in [2.75, 3.05) is 0 Å². The molecule has 0 amide bonds. The monoisotopic (exact) mass is 208 g/mol. The fourth-order valence-corrected chi connectivity index (χ4v) is 3.56. The number of halogens is 1. The second-order valence-corrected chi connectivity index (χ2v) is 5.46. The van der Waals surface area contributed by atoms with Crippen molar-refractivity contribution < 1.29 is 0 Å². The van der Waals surface area contributed by atoms with E-state index in [0.717, 1.165) is 19.1 Å². The van der Waals surface area contributed by atoms with Crippen LogP contribution in [0, 0.1) is 11.8 Å². The molecule has 2 fully saturated rings. The van der Waals surface area contributed by atoms with Crippen LogP contribution in [0.5, 0.6) is 0 Å². The third-order valence-electron chi connectivity index (χ3n) is 3.79. The van der Waals surface area contributed by atoms with Crippen LogP contribution in [-0.4, -0.2) is 12.1 Å². The Kier molecular flexibility index (Phi) is 3.06. The van der Waals surface area contributed by atoms with Crippen LogP contribution >= 0.6 is 11.6 Å². The lowest BCUT2D eigenvalue weighted by Gasteiger charge is -2.41. The third-order valence-corrected chi connectivity index (χ3v) is 4.46. The van der Waals surface area contributed by atoms with Gasteiger partial charge in [-0.05, 0) is 24.7 Å². The number of hydrogen-bond acceptors (Lipinski definition) is 0. The molecule has 2 bridgehead atoms. The van der Waals surface area contributed by atoms with E-state index in [1.165, 1.54) is 31.0 Å². The first kappa shape index (κ1) is 10.4. The van der Waals surface area contributed by atoms with E-state index in [-0.39, 0.29) is 5.38 Å². The van der Waals surface area contributed by atoms with Crippen molar-refractivity contribution in [2.24, 2.45) is 11.8 Å². The minimum Gasteiger partial charge on any atom is -0.118 e. The molecule has 1 saturated carbocycles. The fourth-order valence-electron chi connectivity index (χ4n) is 3.27. The Balaban J connectivity index is 2.04. The summed E-state index contributed by atoms with van der Waals surface area (Å²) in [6.45, 7) is 8.77. The molecule has 14 heavy (non-hydrogen) atoms. The second kappa shape index (κ2) is 4.14. The molecule has 0 aromatic rings. The van der Waals surface area contributed by atoms with E-state index in [2.05, 4.69) is 19.2 Å². The normalized spacial score (nSPS) is 37.1. The van der Waals surface area contributed by atoms with Gasteiger partial charge in [-0.3, -0.25) is 0 Å². The maximum atomic E-state index is 6.37. The van der Waals surface area contributed by atoms with Crippen molar-refractivity contribution in [1.82, 2.24) is 0 Å². The van der Waals surface area contributed by atoms with E-state index in [1.807, 2.05) is 0 Å². The number of hydrogen-bond donors (Lipinski definition) is 0. The highest BCUT2D eigenvalue weighted by Gasteiger charge is 2.38. The SMILES string of the molecule is C=CCB1CC2CC(=C)C(Cl)C(C1)C2. The number of fused-ring (bicyclic) bond motifs is 2. The molecule has 1 heterocycles. The first-order valence-corrected chi connectivity index (χ1v) is 6.07. The average molecular weight is 209 g/mol. The summed E-state index contributed by atoms with van der Waals surface area (Å²) in [5.41, 5.74) is 1.28. The van der Waals surface area contributed by atoms with Crippen LogP contribution in [0.4, 0.5) is 0 Å². The molecule has 2 heteroatoms. The van der Waals surface area contributed by atoms with E-state index in [4.69, 9.17) is 11.6 Å². The Morgan fingerprint density at radius 1 is 1.50 bits per heavy atom. The van der Waals surface area contributed by atoms with Crippen molar-refractivity contribution in [3.05, 3.63) is 24.8 Å². The maximum Gasteiger partial charge on any atom is 0.144 e. The zero-order valence-corrected chi connectivity index (χ0v) is 9.47. The van der Waals surface area contributed by atoms with Gasteiger partial charge >= 0.3 is 0 Å². The van der Waals surface area contributed by atoms with E-state index in [1.54, 1.807) is 0 Å². The molecule has 76 valence electrons. The van der Waals surface area contributed by atoms with Gasteiger partial charge in [-0.25, -0.2) is 0 Å². The van der Waals surface area contributed by atoms with Crippen molar-refractivity contribution in [1.29, 1.82) is 0 Å². The number of alkyl halides is 1. The highest BCUT2D eigenvalue weighted by molar-refractivity contribution is 6.59. The summed E-state index contributed by atoms with van der Waals surface area (Å²) in [6, 6.07) is 0. The molecule has 2 aliphatic rings. The minimum atomic E-state index is 0.249. The lowest BCUT2D eigenvalue weighted by molar-refractivity contribution is 0.340. The molecule has 1 saturated heterocycles. The molecule has 0 aromatic heterocycles. The first-order valence-electron chi connectivity index (χ1n) is 5.63. The molecule has 3 atom stereocenters. The van der Waals surface area contributed by atoms with Crippen LogP contribution < -0.4 is 0 Å². The van der Waals surface area contributed by atoms with Crippen LogP contribution in [-0.2, 0) is 0 Å². The highest BCUT2D eigenvalue weighted by atomic mass is 35.5. The van der Waals surface area contributed by atoms with Gasteiger partial charge in [-0.1, -0.05) is 37.2 Å². The standard InChI is InChI=1S/C12H18BCl/c1-3-4-13-7-10-5-9(2)12(14)11(6-10)8-13/h3,10-12H,1-2,4-8H2. The zero-order chi connectivity index (χ0) is 10.1. The Bertz CT molecular complexity index is 249. The van der Waals surface area contributed by atoms with Crippen molar-refractivity contribution >= 4 is 18.3 Å². The van der Waals surface area contributed by atoms with Gasteiger partial charge in [0.1, 0.15) is 6.71 Å². The van der Waals surface area contributed by atoms with Crippen LogP contribution in [0.15, 0.2) is 24.8 Å². The molecule has 0 radical (unpaired) electrons. The van der Waals surface area contributed by atoms with Crippen molar-refractivity contribution in [3.8, 4) is 0 Å². The molecule has 0 N–H and O–H groups in total. The zero-order valence-electron chi connectivity index (χ0n) is 8.71. The van der Waals surface area contributed by atoms with Gasteiger partial charge in [0, 0.05) is 0 Å². The van der Waals surface area contributed by atoms with Crippen molar-refractivity contribution in [3.63, 3.8) is 0 Å². The molecular formula is C12H18BCl. The van der Waals surface area contributed by atoms with Gasteiger partial charge in [-0.2, -0.15) is 0 Å². The van der Waals surface area contributed by atoms with E-state index < -0.39 is 0 Å². The average Bonchev–Trinajstić information content (AvgIpc) is 2.15. The maximum absolute atomic E-state index is 6.37. The third kappa shape index (κ3) is 1.93. The van der Waals surface area contributed by atoms with Gasteiger partial charge in [0.05, 0.1) is 5.38 Å². The van der Waals surface area contributed by atoms with Crippen LogP contribution in [0.25, 0.3) is 0 Å². The van der Waals surface area contributed by atoms with Crippen LogP contribution in [0.3, 0.4) is 0 Å².